The molecule has 3 rings (SSSR count). The maximum atomic E-state index is 5.65. The first kappa shape index (κ1) is 11.2. The van der Waals surface area contributed by atoms with Crippen molar-refractivity contribution in [3.63, 3.8) is 0 Å². The minimum absolute atomic E-state index is 0.0549. The van der Waals surface area contributed by atoms with Crippen LogP contribution in [0.5, 0.6) is 0 Å². The quantitative estimate of drug-likeness (QED) is 0.789. The zero-order valence-corrected chi connectivity index (χ0v) is 10.1. The van der Waals surface area contributed by atoms with Crippen molar-refractivity contribution >= 4 is 0 Å². The summed E-state index contributed by atoms with van der Waals surface area (Å²) in [4.78, 5) is 0. The lowest BCUT2D eigenvalue weighted by molar-refractivity contribution is -0.171. The van der Waals surface area contributed by atoms with Crippen LogP contribution >= 0.6 is 0 Å². The molecule has 1 aliphatic heterocycles. The summed E-state index contributed by atoms with van der Waals surface area (Å²) in [6.07, 6.45) is 7.01. The Labute approximate surface area is 101 Å². The number of nitrogens with zero attached hydrogens (tertiary/aromatic N) is 1. The Balaban J connectivity index is 1.45. The summed E-state index contributed by atoms with van der Waals surface area (Å²) in [5, 5.41) is 4.06. The predicted molar refractivity (Wildman–Crippen MR) is 61.3 cm³/mol. The highest BCUT2D eigenvalue weighted by molar-refractivity contribution is 5.06. The van der Waals surface area contributed by atoms with Crippen molar-refractivity contribution in [1.29, 1.82) is 0 Å². The maximum absolute atomic E-state index is 5.65. The summed E-state index contributed by atoms with van der Waals surface area (Å²) >= 11 is 0. The fourth-order valence-corrected chi connectivity index (χ4v) is 2.16. The molecule has 4 heteroatoms. The Morgan fingerprint density at radius 2 is 2.24 bits per heavy atom. The third-order valence-electron chi connectivity index (χ3n) is 3.35. The van der Waals surface area contributed by atoms with E-state index in [4.69, 9.17) is 14.0 Å². The Hall–Kier alpha value is -0.870. The van der Waals surface area contributed by atoms with Crippen LogP contribution in [0, 0.1) is 5.92 Å². The largest absolute Gasteiger partial charge is 0.359 e. The summed E-state index contributed by atoms with van der Waals surface area (Å²) in [5.74, 6) is 1.66. The summed E-state index contributed by atoms with van der Waals surface area (Å²) < 4.78 is 16.4. The van der Waals surface area contributed by atoms with Crippen LogP contribution < -0.4 is 0 Å². The topological polar surface area (TPSA) is 44.5 Å². The molecule has 0 spiro atoms. The molecule has 1 aromatic heterocycles. The summed E-state index contributed by atoms with van der Waals surface area (Å²) in [6.45, 7) is 1.29. The molecule has 94 valence electrons. The van der Waals surface area contributed by atoms with Gasteiger partial charge in [0.1, 0.15) is 6.61 Å². The Bertz CT molecular complexity index is 353. The van der Waals surface area contributed by atoms with Crippen molar-refractivity contribution in [1.82, 2.24) is 5.16 Å². The van der Waals surface area contributed by atoms with Crippen molar-refractivity contribution in [2.75, 3.05) is 6.61 Å². The smallest absolute Gasteiger partial charge is 0.162 e. The SMILES string of the molecule is c1c(CC2CC2)noc1COC1CCCCO1. The molecule has 1 aromatic rings. The van der Waals surface area contributed by atoms with Gasteiger partial charge in [-0.15, -0.1) is 0 Å². The Morgan fingerprint density at radius 1 is 1.29 bits per heavy atom. The first-order valence-corrected chi connectivity index (χ1v) is 6.58. The highest BCUT2D eigenvalue weighted by atomic mass is 16.7. The molecule has 0 radical (unpaired) electrons. The number of rotatable bonds is 5. The Morgan fingerprint density at radius 3 is 3.00 bits per heavy atom. The summed E-state index contributed by atoms with van der Waals surface area (Å²) in [5.41, 5.74) is 1.07. The van der Waals surface area contributed by atoms with Crippen LogP contribution in [0.2, 0.25) is 0 Å². The lowest BCUT2D eigenvalue weighted by atomic mass is 10.2. The average molecular weight is 237 g/mol. The molecule has 1 saturated carbocycles. The van der Waals surface area contributed by atoms with Crippen LogP contribution in [0.25, 0.3) is 0 Å². The third-order valence-corrected chi connectivity index (χ3v) is 3.35. The lowest BCUT2D eigenvalue weighted by Crippen LogP contribution is -2.21. The number of ether oxygens (including phenoxy) is 2. The van der Waals surface area contributed by atoms with E-state index in [-0.39, 0.29) is 6.29 Å². The molecule has 1 atom stereocenters. The molecule has 2 aliphatic rings. The van der Waals surface area contributed by atoms with E-state index in [1.807, 2.05) is 6.07 Å². The zero-order chi connectivity index (χ0) is 11.5. The van der Waals surface area contributed by atoms with E-state index in [9.17, 15) is 0 Å². The molecule has 1 unspecified atom stereocenters. The van der Waals surface area contributed by atoms with Crippen molar-refractivity contribution < 1.29 is 14.0 Å². The van der Waals surface area contributed by atoms with E-state index in [0.717, 1.165) is 43.2 Å². The maximum Gasteiger partial charge on any atom is 0.162 e. The molecule has 0 N–H and O–H groups in total. The van der Waals surface area contributed by atoms with Crippen LogP contribution in [0.4, 0.5) is 0 Å². The molecular formula is C13H19NO3. The van der Waals surface area contributed by atoms with Gasteiger partial charge in [-0.2, -0.15) is 0 Å². The predicted octanol–water partition coefficient (Wildman–Crippen LogP) is 2.67. The molecule has 2 fully saturated rings. The summed E-state index contributed by atoms with van der Waals surface area (Å²) in [7, 11) is 0. The van der Waals surface area contributed by atoms with E-state index in [1.165, 1.54) is 19.3 Å². The molecule has 17 heavy (non-hydrogen) atoms. The highest BCUT2D eigenvalue weighted by Crippen LogP contribution is 2.32. The summed E-state index contributed by atoms with van der Waals surface area (Å²) in [6, 6.07) is 2.02. The van der Waals surface area contributed by atoms with Crippen molar-refractivity contribution in [2.45, 2.75) is 51.4 Å². The van der Waals surface area contributed by atoms with Crippen molar-refractivity contribution in [3.8, 4) is 0 Å². The van der Waals surface area contributed by atoms with Gasteiger partial charge in [-0.05, 0) is 44.4 Å². The van der Waals surface area contributed by atoms with E-state index in [1.54, 1.807) is 0 Å². The number of hydrogen-bond acceptors (Lipinski definition) is 4. The Kier molecular flexibility index (Phi) is 3.43. The van der Waals surface area contributed by atoms with Crippen LogP contribution in [0.3, 0.4) is 0 Å². The number of aromatic nitrogens is 1. The second-order valence-electron chi connectivity index (χ2n) is 5.04. The monoisotopic (exact) mass is 237 g/mol. The van der Waals surface area contributed by atoms with Gasteiger partial charge in [0.2, 0.25) is 0 Å². The van der Waals surface area contributed by atoms with Crippen molar-refractivity contribution in [3.05, 3.63) is 17.5 Å². The van der Waals surface area contributed by atoms with E-state index < -0.39 is 0 Å². The van der Waals surface area contributed by atoms with Gasteiger partial charge in [0.05, 0.1) is 5.69 Å². The minimum atomic E-state index is -0.0549. The van der Waals surface area contributed by atoms with Gasteiger partial charge < -0.3 is 14.0 Å². The molecule has 4 nitrogen and oxygen atoms in total. The average Bonchev–Trinajstić information content (AvgIpc) is 3.06. The van der Waals surface area contributed by atoms with Gasteiger partial charge in [0.25, 0.3) is 0 Å². The van der Waals surface area contributed by atoms with E-state index in [0.29, 0.717) is 6.61 Å². The van der Waals surface area contributed by atoms with E-state index in [2.05, 4.69) is 5.16 Å². The minimum Gasteiger partial charge on any atom is -0.359 e. The molecular weight excluding hydrogens is 218 g/mol. The molecule has 0 bridgehead atoms. The van der Waals surface area contributed by atoms with Crippen LogP contribution in [0.15, 0.2) is 10.6 Å². The highest BCUT2D eigenvalue weighted by Gasteiger charge is 2.23. The standard InChI is InChI=1S/C13H19NO3/c1-2-6-15-13(3-1)16-9-12-8-11(14-17-12)7-10-4-5-10/h8,10,13H,1-7,9H2. The molecule has 2 heterocycles. The second-order valence-corrected chi connectivity index (χ2v) is 5.04. The normalized spacial score (nSPS) is 25.1. The first-order valence-electron chi connectivity index (χ1n) is 6.58. The zero-order valence-electron chi connectivity index (χ0n) is 10.1. The first-order chi connectivity index (χ1) is 8.40. The fraction of sp³-hybridized carbons (Fsp3) is 0.769. The molecule has 1 aliphatic carbocycles. The fourth-order valence-electron chi connectivity index (χ4n) is 2.16. The van der Waals surface area contributed by atoms with Crippen LogP contribution in [-0.2, 0) is 22.5 Å². The van der Waals surface area contributed by atoms with Gasteiger partial charge in [-0.1, -0.05) is 5.16 Å². The van der Waals surface area contributed by atoms with Gasteiger partial charge >= 0.3 is 0 Å². The van der Waals surface area contributed by atoms with E-state index >= 15 is 0 Å². The van der Waals surface area contributed by atoms with Crippen LogP contribution in [-0.4, -0.2) is 18.1 Å². The third kappa shape index (κ3) is 3.30. The lowest BCUT2D eigenvalue weighted by Gasteiger charge is -2.21. The molecule has 1 saturated heterocycles. The van der Waals surface area contributed by atoms with Crippen LogP contribution in [0.1, 0.15) is 43.6 Å². The van der Waals surface area contributed by atoms with Gasteiger partial charge in [0, 0.05) is 12.7 Å². The van der Waals surface area contributed by atoms with Crippen molar-refractivity contribution in [2.24, 2.45) is 5.92 Å². The van der Waals surface area contributed by atoms with Gasteiger partial charge in [-0.25, -0.2) is 0 Å². The number of hydrogen-bond donors (Lipinski definition) is 0. The second kappa shape index (κ2) is 5.19. The molecule has 0 aromatic carbocycles. The molecule has 0 amide bonds. The van der Waals surface area contributed by atoms with Gasteiger partial charge in [0.15, 0.2) is 12.1 Å². The van der Waals surface area contributed by atoms with Gasteiger partial charge in [-0.3, -0.25) is 0 Å².